The molecule has 7 heteroatoms. The van der Waals surface area contributed by atoms with Crippen LogP contribution in [-0.2, 0) is 16.4 Å². The number of carbonyl (C=O) groups is 1. The Labute approximate surface area is 254 Å². The first kappa shape index (κ1) is 33.5. The van der Waals surface area contributed by atoms with Gasteiger partial charge in [0, 0.05) is 27.9 Å². The molecule has 1 atom stereocenters. The molecular formula is C34H52N2O3S2. The number of benzene rings is 2. The van der Waals surface area contributed by atoms with Crippen LogP contribution < -0.4 is 10.0 Å². The fourth-order valence-electron chi connectivity index (χ4n) is 5.48. The first-order valence-corrected chi connectivity index (χ1v) is 18.5. The molecule has 0 radical (unpaired) electrons. The molecule has 1 aliphatic rings. The number of para-hydroxylation sites is 1. The number of Topliss-reactive ketones (excluding diaryl/α,β-unsaturated/α-hetero) is 1. The van der Waals surface area contributed by atoms with Crippen LogP contribution in [0.3, 0.4) is 0 Å². The van der Waals surface area contributed by atoms with Gasteiger partial charge in [0.1, 0.15) is 0 Å². The van der Waals surface area contributed by atoms with Crippen molar-refractivity contribution in [1.29, 1.82) is 0 Å². The summed E-state index contributed by atoms with van der Waals surface area (Å²) in [5.74, 6) is 0.186. The molecule has 0 aliphatic heterocycles. The van der Waals surface area contributed by atoms with Crippen LogP contribution in [0.2, 0.25) is 0 Å². The number of unbranched alkanes of at least 4 members (excludes halogenated alkanes) is 13. The van der Waals surface area contributed by atoms with Crippen LogP contribution >= 0.6 is 11.8 Å². The molecule has 2 aromatic carbocycles. The third-order valence-corrected chi connectivity index (χ3v) is 10.4. The smallest absolute Gasteiger partial charge is 0.232 e. The first-order chi connectivity index (χ1) is 19.8. The molecule has 0 heterocycles. The molecule has 0 amide bonds. The molecule has 0 aromatic heterocycles. The summed E-state index contributed by atoms with van der Waals surface area (Å²) in [6.07, 6.45) is 18.0. The first-order valence-electron chi connectivity index (χ1n) is 16.0. The van der Waals surface area contributed by atoms with Crippen molar-refractivity contribution < 1.29 is 13.2 Å². The lowest BCUT2D eigenvalue weighted by Crippen LogP contribution is -2.17. The molecule has 3 rings (SSSR count). The molecule has 5 nitrogen and oxygen atoms in total. The molecule has 0 fully saturated rings. The topological polar surface area (TPSA) is 75.3 Å². The zero-order chi connectivity index (χ0) is 29.5. The maximum Gasteiger partial charge on any atom is 0.232 e. The summed E-state index contributed by atoms with van der Waals surface area (Å²) < 4.78 is 28.2. The van der Waals surface area contributed by atoms with E-state index in [1.807, 2.05) is 30.3 Å². The monoisotopic (exact) mass is 600 g/mol. The number of rotatable bonds is 21. The van der Waals surface area contributed by atoms with Gasteiger partial charge in [0.05, 0.1) is 11.0 Å². The van der Waals surface area contributed by atoms with Gasteiger partial charge in [0.2, 0.25) is 10.0 Å². The highest BCUT2D eigenvalue weighted by atomic mass is 32.2. The van der Waals surface area contributed by atoms with Gasteiger partial charge in [-0.25, -0.2) is 8.42 Å². The number of fused-ring (bicyclic) bond motifs is 1. The van der Waals surface area contributed by atoms with E-state index in [-0.39, 0.29) is 16.8 Å². The van der Waals surface area contributed by atoms with Gasteiger partial charge in [-0.05, 0) is 56.5 Å². The lowest BCUT2D eigenvalue weighted by molar-refractivity contribution is 0.1000. The number of carbonyl (C=O) groups excluding carboxylic acids is 1. The maximum absolute atomic E-state index is 13.3. The van der Waals surface area contributed by atoms with E-state index in [1.54, 1.807) is 23.9 Å². The maximum atomic E-state index is 13.3. The summed E-state index contributed by atoms with van der Waals surface area (Å²) in [5.41, 5.74) is 3.13. The van der Waals surface area contributed by atoms with Crippen molar-refractivity contribution in [1.82, 2.24) is 0 Å². The molecule has 41 heavy (non-hydrogen) atoms. The number of sulfonamides is 1. The van der Waals surface area contributed by atoms with Crippen molar-refractivity contribution >= 4 is 38.9 Å². The Balaban J connectivity index is 1.35. The van der Waals surface area contributed by atoms with Crippen LogP contribution in [0.15, 0.2) is 47.4 Å². The van der Waals surface area contributed by atoms with Crippen molar-refractivity contribution in [2.45, 2.75) is 133 Å². The highest BCUT2D eigenvalue weighted by Crippen LogP contribution is 2.38. The van der Waals surface area contributed by atoms with Gasteiger partial charge in [0.25, 0.3) is 0 Å². The molecular weight excluding hydrogens is 549 g/mol. The van der Waals surface area contributed by atoms with Gasteiger partial charge in [-0.1, -0.05) is 109 Å². The van der Waals surface area contributed by atoms with E-state index in [2.05, 4.69) is 30.8 Å². The van der Waals surface area contributed by atoms with Crippen LogP contribution in [0, 0.1) is 0 Å². The summed E-state index contributed by atoms with van der Waals surface area (Å²) in [7, 11) is -3.44. The zero-order valence-corrected chi connectivity index (χ0v) is 27.2. The number of hydrogen-bond donors (Lipinski definition) is 2. The predicted molar refractivity (Wildman–Crippen MR) is 177 cm³/mol. The molecule has 0 bridgehead atoms. The molecule has 0 spiro atoms. The molecule has 1 aliphatic carbocycles. The molecule has 0 saturated heterocycles. The largest absolute Gasteiger partial charge is 0.382 e. The Bertz CT molecular complexity index is 1180. The van der Waals surface area contributed by atoms with Gasteiger partial charge in [0.15, 0.2) is 5.78 Å². The van der Waals surface area contributed by atoms with Crippen LogP contribution in [0.25, 0.3) is 0 Å². The van der Waals surface area contributed by atoms with Crippen molar-refractivity contribution in [3.8, 4) is 0 Å². The average Bonchev–Trinajstić information content (AvgIpc) is 3.23. The predicted octanol–water partition coefficient (Wildman–Crippen LogP) is 9.63. The fraction of sp³-hybridized carbons (Fsp3) is 0.618. The van der Waals surface area contributed by atoms with Crippen LogP contribution in [0.4, 0.5) is 11.4 Å². The molecule has 228 valence electrons. The summed E-state index contributed by atoms with van der Waals surface area (Å²) in [4.78, 5) is 14.3. The van der Waals surface area contributed by atoms with Crippen LogP contribution in [0.5, 0.6) is 0 Å². The van der Waals surface area contributed by atoms with Crippen LogP contribution in [0.1, 0.15) is 127 Å². The third kappa shape index (κ3) is 12.0. The van der Waals surface area contributed by atoms with Gasteiger partial charge in [-0.2, -0.15) is 0 Å². The SMILES string of the molecule is CCCCCCCCCCCCCCCCS(=O)(=O)Nc1ccc2c(c1)C(=O)C(Sc1ccccc1NC(C)C)C2. The highest BCUT2D eigenvalue weighted by Gasteiger charge is 2.32. The Morgan fingerprint density at radius 3 is 2.02 bits per heavy atom. The molecule has 2 N–H and O–H groups in total. The molecule has 2 aromatic rings. The van der Waals surface area contributed by atoms with Gasteiger partial charge in [-0.3, -0.25) is 9.52 Å². The average molecular weight is 601 g/mol. The van der Waals surface area contributed by atoms with E-state index in [0.29, 0.717) is 30.1 Å². The minimum absolute atomic E-state index is 0.0670. The lowest BCUT2D eigenvalue weighted by atomic mass is 10.0. The van der Waals surface area contributed by atoms with Crippen molar-refractivity contribution in [3.63, 3.8) is 0 Å². The summed E-state index contributed by atoms with van der Waals surface area (Å²) in [6, 6.07) is 13.8. The molecule has 0 saturated carbocycles. The normalized spacial score (nSPS) is 14.9. The van der Waals surface area contributed by atoms with E-state index >= 15 is 0 Å². The Morgan fingerprint density at radius 1 is 0.829 bits per heavy atom. The number of hydrogen-bond acceptors (Lipinski definition) is 5. The summed E-state index contributed by atoms with van der Waals surface area (Å²) in [5, 5.41) is 3.25. The van der Waals surface area contributed by atoms with E-state index in [1.165, 1.54) is 70.6 Å². The quantitative estimate of drug-likeness (QED) is 0.140. The molecule has 1 unspecified atom stereocenters. The number of nitrogens with one attached hydrogen (secondary N) is 2. The van der Waals surface area contributed by atoms with Gasteiger partial charge < -0.3 is 5.32 Å². The second kappa shape index (κ2) is 17.8. The van der Waals surface area contributed by atoms with E-state index in [9.17, 15) is 13.2 Å². The Kier molecular flexibility index (Phi) is 14.6. The van der Waals surface area contributed by atoms with E-state index < -0.39 is 10.0 Å². The van der Waals surface area contributed by atoms with Crippen LogP contribution in [-0.4, -0.2) is 31.2 Å². The van der Waals surface area contributed by atoms with Gasteiger partial charge in [-0.15, -0.1) is 11.8 Å². The number of thioether (sulfide) groups is 1. The van der Waals surface area contributed by atoms with Crippen molar-refractivity contribution in [2.75, 3.05) is 15.8 Å². The van der Waals surface area contributed by atoms with E-state index in [4.69, 9.17) is 0 Å². The van der Waals surface area contributed by atoms with Crippen molar-refractivity contribution in [3.05, 3.63) is 53.6 Å². The number of ketones is 1. The number of anilines is 2. The van der Waals surface area contributed by atoms with E-state index in [0.717, 1.165) is 29.0 Å². The Morgan fingerprint density at radius 2 is 1.41 bits per heavy atom. The minimum atomic E-state index is -3.44. The zero-order valence-electron chi connectivity index (χ0n) is 25.6. The van der Waals surface area contributed by atoms with Gasteiger partial charge >= 0.3 is 0 Å². The summed E-state index contributed by atoms with van der Waals surface area (Å²) in [6.45, 7) is 6.46. The Hall–Kier alpha value is -1.99. The standard InChI is InChI=1S/C34H52N2O3S2/c1-4-5-6-7-8-9-10-11-12-13-14-15-16-19-24-41(38,39)36-29-23-22-28-25-33(34(37)30(28)26-29)40-32-21-18-17-20-31(32)35-27(2)3/h17-18,20-23,26-27,33,35-36H,4-16,19,24-25H2,1-3H3. The fourth-order valence-corrected chi connectivity index (χ4v) is 7.87. The van der Waals surface area contributed by atoms with Crippen molar-refractivity contribution in [2.24, 2.45) is 0 Å². The third-order valence-electron chi connectivity index (χ3n) is 7.71. The highest BCUT2D eigenvalue weighted by molar-refractivity contribution is 8.00. The second-order valence-corrected chi connectivity index (χ2v) is 14.9. The second-order valence-electron chi connectivity index (χ2n) is 11.9. The minimum Gasteiger partial charge on any atom is -0.382 e. The summed E-state index contributed by atoms with van der Waals surface area (Å²) >= 11 is 1.58. The lowest BCUT2D eigenvalue weighted by Gasteiger charge is -2.16.